The summed E-state index contributed by atoms with van der Waals surface area (Å²) in [6.45, 7) is 6.37. The molecule has 1 heterocycles. The largest absolute Gasteiger partial charge is 0.350 e. The second kappa shape index (κ2) is 6.96. The van der Waals surface area contributed by atoms with Gasteiger partial charge in [-0.05, 0) is 37.8 Å². The van der Waals surface area contributed by atoms with E-state index in [-0.39, 0.29) is 11.9 Å². The zero-order valence-electron chi connectivity index (χ0n) is 11.2. The maximum absolute atomic E-state index is 12.0. The quantitative estimate of drug-likeness (QED) is 0.532. The first-order chi connectivity index (χ1) is 8.52. The number of carbonyl (C=O) groups is 1. The predicted molar refractivity (Wildman–Crippen MR) is 73.0 cm³/mol. The highest BCUT2D eigenvalue weighted by atomic mass is 16.1. The lowest BCUT2D eigenvalue weighted by molar-refractivity contribution is 0.0937. The molecule has 0 aliphatic carbocycles. The molecule has 1 aromatic rings. The van der Waals surface area contributed by atoms with Crippen LogP contribution in [0.2, 0.25) is 0 Å². The summed E-state index contributed by atoms with van der Waals surface area (Å²) in [4.78, 5) is 15.9. The molecule has 0 radical (unpaired) electrons. The molecular formula is C13H22N4O. The number of nitrogens with zero attached hydrogens (tertiary/aromatic N) is 1. The Morgan fingerprint density at radius 3 is 2.72 bits per heavy atom. The van der Waals surface area contributed by atoms with E-state index >= 15 is 0 Å². The fraction of sp³-hybridized carbons (Fsp3) is 0.538. The molecule has 100 valence electrons. The van der Waals surface area contributed by atoms with E-state index in [9.17, 15) is 4.79 Å². The number of hydrazine groups is 1. The second-order valence-corrected chi connectivity index (χ2v) is 4.92. The van der Waals surface area contributed by atoms with Crippen LogP contribution < -0.4 is 16.6 Å². The molecule has 0 fully saturated rings. The Labute approximate surface area is 108 Å². The van der Waals surface area contributed by atoms with Crippen LogP contribution in [0.15, 0.2) is 18.3 Å². The third-order valence-electron chi connectivity index (χ3n) is 2.72. The van der Waals surface area contributed by atoms with Gasteiger partial charge in [0, 0.05) is 17.8 Å². The molecule has 4 N–H and O–H groups in total. The highest BCUT2D eigenvalue weighted by Crippen LogP contribution is 2.09. The van der Waals surface area contributed by atoms with Crippen LogP contribution in [0.5, 0.6) is 0 Å². The van der Waals surface area contributed by atoms with Crippen LogP contribution in [0.1, 0.15) is 44.0 Å². The van der Waals surface area contributed by atoms with E-state index in [4.69, 9.17) is 5.84 Å². The molecule has 1 rings (SSSR count). The first kappa shape index (κ1) is 14.4. The van der Waals surface area contributed by atoms with Crippen molar-refractivity contribution < 1.29 is 4.79 Å². The number of hydrogen-bond acceptors (Lipinski definition) is 4. The molecule has 0 saturated carbocycles. The van der Waals surface area contributed by atoms with E-state index in [0.717, 1.165) is 12.8 Å². The molecule has 18 heavy (non-hydrogen) atoms. The third-order valence-corrected chi connectivity index (χ3v) is 2.72. The van der Waals surface area contributed by atoms with Gasteiger partial charge in [-0.2, -0.15) is 0 Å². The number of nitrogens with two attached hydrogens (primary N) is 1. The van der Waals surface area contributed by atoms with E-state index < -0.39 is 0 Å². The average Bonchev–Trinajstić information content (AvgIpc) is 2.36. The minimum atomic E-state index is -0.0924. The summed E-state index contributed by atoms with van der Waals surface area (Å²) in [5.41, 5.74) is 2.99. The van der Waals surface area contributed by atoms with Crippen LogP contribution in [0.25, 0.3) is 0 Å². The number of pyridine rings is 1. The smallest absolute Gasteiger partial charge is 0.251 e. The van der Waals surface area contributed by atoms with Crippen LogP contribution in [0.4, 0.5) is 5.82 Å². The van der Waals surface area contributed by atoms with E-state index in [1.54, 1.807) is 18.3 Å². The number of aromatic nitrogens is 1. The van der Waals surface area contributed by atoms with Gasteiger partial charge >= 0.3 is 0 Å². The molecule has 0 aromatic carbocycles. The lowest BCUT2D eigenvalue weighted by Gasteiger charge is -2.15. The maximum Gasteiger partial charge on any atom is 0.251 e. The van der Waals surface area contributed by atoms with Crippen LogP contribution in [0.3, 0.4) is 0 Å². The first-order valence-electron chi connectivity index (χ1n) is 6.26. The van der Waals surface area contributed by atoms with E-state index in [2.05, 4.69) is 29.6 Å². The van der Waals surface area contributed by atoms with Gasteiger partial charge in [0.15, 0.2) is 0 Å². The van der Waals surface area contributed by atoms with Crippen molar-refractivity contribution in [2.75, 3.05) is 5.43 Å². The van der Waals surface area contributed by atoms with E-state index in [1.807, 2.05) is 6.92 Å². The molecule has 1 amide bonds. The Hall–Kier alpha value is -1.62. The molecule has 1 aromatic heterocycles. The van der Waals surface area contributed by atoms with Crippen molar-refractivity contribution in [2.45, 2.75) is 39.7 Å². The van der Waals surface area contributed by atoms with Gasteiger partial charge in [-0.3, -0.25) is 4.79 Å². The normalized spacial score (nSPS) is 12.3. The lowest BCUT2D eigenvalue weighted by Crippen LogP contribution is -2.32. The van der Waals surface area contributed by atoms with Gasteiger partial charge in [-0.25, -0.2) is 10.8 Å². The number of amides is 1. The van der Waals surface area contributed by atoms with Crippen molar-refractivity contribution in [2.24, 2.45) is 11.8 Å². The van der Waals surface area contributed by atoms with E-state index in [1.165, 1.54) is 0 Å². The van der Waals surface area contributed by atoms with Crippen molar-refractivity contribution in [3.8, 4) is 0 Å². The van der Waals surface area contributed by atoms with Gasteiger partial charge in [-0.1, -0.05) is 13.8 Å². The minimum absolute atomic E-state index is 0.0924. The summed E-state index contributed by atoms with van der Waals surface area (Å²) < 4.78 is 0. The molecule has 5 heteroatoms. The standard InChI is InChI=1S/C13H22N4O/c1-9(2)4-5-10(3)16-13(18)11-6-7-15-12(8-11)17-14/h6-10H,4-5,14H2,1-3H3,(H,15,17)(H,16,18). The number of carbonyl (C=O) groups excluding carboxylic acids is 1. The third kappa shape index (κ3) is 4.71. The van der Waals surface area contributed by atoms with Crippen LogP contribution in [-0.2, 0) is 0 Å². The fourth-order valence-corrected chi connectivity index (χ4v) is 1.61. The van der Waals surface area contributed by atoms with Crippen molar-refractivity contribution >= 4 is 11.7 Å². The molecule has 1 atom stereocenters. The molecular weight excluding hydrogens is 228 g/mol. The van der Waals surface area contributed by atoms with Crippen molar-refractivity contribution in [1.29, 1.82) is 0 Å². The molecule has 0 spiro atoms. The van der Waals surface area contributed by atoms with Crippen molar-refractivity contribution in [3.05, 3.63) is 23.9 Å². The number of rotatable bonds is 6. The average molecular weight is 250 g/mol. The summed E-state index contributed by atoms with van der Waals surface area (Å²) >= 11 is 0. The van der Waals surface area contributed by atoms with Gasteiger partial charge in [-0.15, -0.1) is 0 Å². The number of nitrogens with one attached hydrogen (secondary N) is 2. The Bertz CT molecular complexity index is 392. The van der Waals surface area contributed by atoms with Gasteiger partial charge in [0.2, 0.25) is 0 Å². The minimum Gasteiger partial charge on any atom is -0.350 e. The molecule has 0 bridgehead atoms. The maximum atomic E-state index is 12.0. The SMILES string of the molecule is CC(C)CCC(C)NC(=O)c1ccnc(NN)c1. The number of nitrogen functional groups attached to an aromatic ring is 1. The summed E-state index contributed by atoms with van der Waals surface area (Å²) in [5.74, 6) is 6.30. The predicted octanol–water partition coefficient (Wildman–Crippen LogP) is 1.92. The Kier molecular flexibility index (Phi) is 5.58. The van der Waals surface area contributed by atoms with Crippen molar-refractivity contribution in [1.82, 2.24) is 10.3 Å². The van der Waals surface area contributed by atoms with Crippen molar-refractivity contribution in [3.63, 3.8) is 0 Å². The molecule has 1 unspecified atom stereocenters. The van der Waals surface area contributed by atoms with E-state index in [0.29, 0.717) is 17.3 Å². The van der Waals surface area contributed by atoms with Crippen LogP contribution >= 0.6 is 0 Å². The Morgan fingerprint density at radius 2 is 2.11 bits per heavy atom. The summed E-state index contributed by atoms with van der Waals surface area (Å²) in [6, 6.07) is 3.47. The second-order valence-electron chi connectivity index (χ2n) is 4.92. The topological polar surface area (TPSA) is 80.0 Å². The van der Waals surface area contributed by atoms with Crippen LogP contribution in [0, 0.1) is 5.92 Å². The molecule has 0 aliphatic heterocycles. The fourth-order valence-electron chi connectivity index (χ4n) is 1.61. The summed E-state index contributed by atoms with van der Waals surface area (Å²) in [5, 5.41) is 2.97. The van der Waals surface area contributed by atoms with Gasteiger partial charge < -0.3 is 10.7 Å². The van der Waals surface area contributed by atoms with Gasteiger partial charge in [0.05, 0.1) is 0 Å². The van der Waals surface area contributed by atoms with Gasteiger partial charge in [0.25, 0.3) is 5.91 Å². The Balaban J connectivity index is 2.53. The molecule has 5 nitrogen and oxygen atoms in total. The monoisotopic (exact) mass is 250 g/mol. The highest BCUT2D eigenvalue weighted by molar-refractivity contribution is 5.94. The summed E-state index contributed by atoms with van der Waals surface area (Å²) in [7, 11) is 0. The molecule has 0 saturated heterocycles. The summed E-state index contributed by atoms with van der Waals surface area (Å²) in [6.07, 6.45) is 3.65. The number of anilines is 1. The molecule has 0 aliphatic rings. The van der Waals surface area contributed by atoms with Crippen LogP contribution in [-0.4, -0.2) is 16.9 Å². The first-order valence-corrected chi connectivity index (χ1v) is 6.26. The highest BCUT2D eigenvalue weighted by Gasteiger charge is 2.10. The number of hydrogen-bond donors (Lipinski definition) is 3. The zero-order valence-corrected chi connectivity index (χ0v) is 11.2. The Morgan fingerprint density at radius 1 is 1.39 bits per heavy atom. The van der Waals surface area contributed by atoms with Gasteiger partial charge in [0.1, 0.15) is 5.82 Å². The lowest BCUT2D eigenvalue weighted by atomic mass is 10.0. The zero-order chi connectivity index (χ0) is 13.5.